The van der Waals surface area contributed by atoms with E-state index in [0.717, 1.165) is 0 Å². The summed E-state index contributed by atoms with van der Waals surface area (Å²) in [5, 5.41) is 3.84. The van der Waals surface area contributed by atoms with Crippen molar-refractivity contribution in [1.29, 1.82) is 0 Å². The average Bonchev–Trinajstić information content (AvgIpc) is 2.66. The molecule has 0 bridgehead atoms. The summed E-state index contributed by atoms with van der Waals surface area (Å²) in [6.45, 7) is 13.0. The molecule has 0 amide bonds. The molecule has 0 aromatic heterocycles. The zero-order chi connectivity index (χ0) is 12.2. The van der Waals surface area contributed by atoms with Crippen LogP contribution < -0.4 is 5.32 Å². The molecule has 1 heteroatoms. The van der Waals surface area contributed by atoms with Crippen molar-refractivity contribution in [2.45, 2.75) is 79.2 Å². The van der Waals surface area contributed by atoms with Gasteiger partial charge in [0.1, 0.15) is 0 Å². The lowest BCUT2D eigenvalue weighted by atomic mass is 9.66. The van der Waals surface area contributed by atoms with E-state index in [0.29, 0.717) is 16.9 Å². The van der Waals surface area contributed by atoms with E-state index in [4.69, 9.17) is 0 Å². The Morgan fingerprint density at radius 1 is 1.12 bits per heavy atom. The van der Waals surface area contributed by atoms with Crippen molar-refractivity contribution in [2.75, 3.05) is 6.54 Å². The molecule has 1 atom stereocenters. The van der Waals surface area contributed by atoms with Gasteiger partial charge < -0.3 is 5.32 Å². The van der Waals surface area contributed by atoms with Gasteiger partial charge in [0.05, 0.1) is 0 Å². The first-order chi connectivity index (χ1) is 7.46. The summed E-state index contributed by atoms with van der Waals surface area (Å²) in [5.74, 6) is 0. The summed E-state index contributed by atoms with van der Waals surface area (Å²) < 4.78 is 0. The molecule has 0 spiro atoms. The maximum Gasteiger partial charge on any atom is 0.0172 e. The minimum atomic E-state index is 0.384. The molecule has 96 valence electrons. The van der Waals surface area contributed by atoms with E-state index in [2.05, 4.69) is 39.9 Å². The molecule has 0 aromatic rings. The SMILES string of the molecule is CCCNC(C(C)(C)C)C1(CC)CCCC1. The first-order valence-electron chi connectivity index (χ1n) is 7.19. The quantitative estimate of drug-likeness (QED) is 0.732. The van der Waals surface area contributed by atoms with Gasteiger partial charge in [0.25, 0.3) is 0 Å². The first kappa shape index (κ1) is 14.0. The topological polar surface area (TPSA) is 12.0 Å². The van der Waals surface area contributed by atoms with Gasteiger partial charge in [-0.25, -0.2) is 0 Å². The maximum absolute atomic E-state index is 3.84. The van der Waals surface area contributed by atoms with Crippen LogP contribution in [-0.2, 0) is 0 Å². The van der Waals surface area contributed by atoms with Crippen molar-refractivity contribution < 1.29 is 0 Å². The molecule has 1 N–H and O–H groups in total. The van der Waals surface area contributed by atoms with Crippen molar-refractivity contribution >= 4 is 0 Å². The lowest BCUT2D eigenvalue weighted by Crippen LogP contribution is -2.51. The third kappa shape index (κ3) is 3.00. The lowest BCUT2D eigenvalue weighted by Gasteiger charge is -2.45. The van der Waals surface area contributed by atoms with Crippen LogP contribution >= 0.6 is 0 Å². The van der Waals surface area contributed by atoms with Gasteiger partial charge in [-0.2, -0.15) is 0 Å². The van der Waals surface area contributed by atoms with Crippen molar-refractivity contribution in [2.24, 2.45) is 10.8 Å². The van der Waals surface area contributed by atoms with Crippen LogP contribution in [-0.4, -0.2) is 12.6 Å². The maximum atomic E-state index is 3.84. The van der Waals surface area contributed by atoms with Crippen LogP contribution in [0.25, 0.3) is 0 Å². The van der Waals surface area contributed by atoms with Crippen LogP contribution in [0.5, 0.6) is 0 Å². The molecule has 0 aromatic carbocycles. The third-order valence-electron chi connectivity index (χ3n) is 4.38. The van der Waals surface area contributed by atoms with E-state index in [1.165, 1.54) is 45.1 Å². The normalized spacial score (nSPS) is 22.3. The monoisotopic (exact) mass is 225 g/mol. The summed E-state index contributed by atoms with van der Waals surface area (Å²) in [4.78, 5) is 0. The van der Waals surface area contributed by atoms with E-state index < -0.39 is 0 Å². The Kier molecular flexibility index (Phi) is 4.85. The molecule has 1 aliphatic carbocycles. The molecule has 1 fully saturated rings. The van der Waals surface area contributed by atoms with E-state index in [1.54, 1.807) is 0 Å². The van der Waals surface area contributed by atoms with Gasteiger partial charge >= 0.3 is 0 Å². The van der Waals surface area contributed by atoms with Crippen LogP contribution in [0, 0.1) is 10.8 Å². The molecule has 1 unspecified atom stereocenters. The minimum Gasteiger partial charge on any atom is -0.313 e. The van der Waals surface area contributed by atoms with Gasteiger partial charge in [-0.15, -0.1) is 0 Å². The Bertz CT molecular complexity index is 196. The van der Waals surface area contributed by atoms with Gasteiger partial charge in [-0.1, -0.05) is 47.5 Å². The fourth-order valence-corrected chi connectivity index (χ4v) is 3.66. The molecule has 0 heterocycles. The van der Waals surface area contributed by atoms with E-state index >= 15 is 0 Å². The van der Waals surface area contributed by atoms with Gasteiger partial charge in [0.2, 0.25) is 0 Å². The Labute approximate surface area is 102 Å². The third-order valence-corrected chi connectivity index (χ3v) is 4.38. The summed E-state index contributed by atoms with van der Waals surface area (Å²) in [7, 11) is 0. The Morgan fingerprint density at radius 2 is 1.69 bits per heavy atom. The Morgan fingerprint density at radius 3 is 2.06 bits per heavy atom. The standard InChI is InChI=1S/C15H31N/c1-6-12-16-13(14(3,4)5)15(7-2)10-8-9-11-15/h13,16H,6-12H2,1-5H3. The van der Waals surface area contributed by atoms with E-state index in [9.17, 15) is 0 Å². The summed E-state index contributed by atoms with van der Waals surface area (Å²) >= 11 is 0. The summed E-state index contributed by atoms with van der Waals surface area (Å²) in [6, 6.07) is 0.687. The number of rotatable bonds is 5. The van der Waals surface area contributed by atoms with E-state index in [1.807, 2.05) is 0 Å². The van der Waals surface area contributed by atoms with Gasteiger partial charge in [-0.3, -0.25) is 0 Å². The van der Waals surface area contributed by atoms with Crippen molar-refractivity contribution in [3.8, 4) is 0 Å². The summed E-state index contributed by atoms with van der Waals surface area (Å²) in [6.07, 6.45) is 8.32. The fourth-order valence-electron chi connectivity index (χ4n) is 3.66. The second-order valence-electron chi connectivity index (χ2n) is 6.68. The van der Waals surface area contributed by atoms with E-state index in [-0.39, 0.29) is 0 Å². The highest BCUT2D eigenvalue weighted by Crippen LogP contribution is 2.48. The minimum absolute atomic E-state index is 0.384. The lowest BCUT2D eigenvalue weighted by molar-refractivity contribution is 0.0921. The number of hydrogen-bond acceptors (Lipinski definition) is 1. The average molecular weight is 225 g/mol. The van der Waals surface area contributed by atoms with Crippen molar-refractivity contribution in [3.63, 3.8) is 0 Å². The zero-order valence-corrected chi connectivity index (χ0v) is 12.0. The predicted molar refractivity (Wildman–Crippen MR) is 72.7 cm³/mol. The molecule has 0 saturated heterocycles. The molecule has 1 nitrogen and oxygen atoms in total. The van der Waals surface area contributed by atoms with Crippen LogP contribution in [0.1, 0.15) is 73.1 Å². The van der Waals surface area contributed by atoms with Gasteiger partial charge in [0, 0.05) is 6.04 Å². The van der Waals surface area contributed by atoms with Crippen LogP contribution in [0.3, 0.4) is 0 Å². The second-order valence-corrected chi connectivity index (χ2v) is 6.68. The van der Waals surface area contributed by atoms with Crippen LogP contribution in [0.2, 0.25) is 0 Å². The molecule has 0 radical (unpaired) electrons. The predicted octanol–water partition coefficient (Wildman–Crippen LogP) is 4.37. The fraction of sp³-hybridized carbons (Fsp3) is 1.00. The number of hydrogen-bond donors (Lipinski definition) is 1. The highest BCUT2D eigenvalue weighted by molar-refractivity contribution is 4.99. The Balaban J connectivity index is 2.80. The highest BCUT2D eigenvalue weighted by atomic mass is 15.0. The smallest absolute Gasteiger partial charge is 0.0172 e. The van der Waals surface area contributed by atoms with Crippen molar-refractivity contribution in [3.05, 3.63) is 0 Å². The molecule has 16 heavy (non-hydrogen) atoms. The highest BCUT2D eigenvalue weighted by Gasteiger charge is 2.44. The molecule has 1 rings (SSSR count). The molecule has 1 saturated carbocycles. The largest absolute Gasteiger partial charge is 0.313 e. The molecule has 1 aliphatic rings. The van der Waals surface area contributed by atoms with Gasteiger partial charge in [-0.05, 0) is 43.1 Å². The van der Waals surface area contributed by atoms with Crippen LogP contribution in [0.4, 0.5) is 0 Å². The molecular weight excluding hydrogens is 194 g/mol. The molecular formula is C15H31N. The Hall–Kier alpha value is -0.0400. The second kappa shape index (κ2) is 5.53. The van der Waals surface area contributed by atoms with Crippen molar-refractivity contribution in [1.82, 2.24) is 5.32 Å². The van der Waals surface area contributed by atoms with Crippen LogP contribution in [0.15, 0.2) is 0 Å². The zero-order valence-electron chi connectivity index (χ0n) is 12.0. The number of nitrogens with one attached hydrogen (secondary N) is 1. The van der Waals surface area contributed by atoms with Gasteiger partial charge in [0.15, 0.2) is 0 Å². The first-order valence-corrected chi connectivity index (χ1v) is 7.19. The molecule has 0 aliphatic heterocycles. The summed E-state index contributed by atoms with van der Waals surface area (Å²) in [5.41, 5.74) is 0.961.